The molecule has 4 aromatic rings. The van der Waals surface area contributed by atoms with E-state index in [4.69, 9.17) is 10.7 Å². The molecule has 1 amide bonds. The second-order valence-corrected chi connectivity index (χ2v) is 8.83. The molecule has 1 fully saturated rings. The van der Waals surface area contributed by atoms with Crippen LogP contribution >= 0.6 is 0 Å². The number of aromatic nitrogens is 4. The van der Waals surface area contributed by atoms with Crippen LogP contribution in [0.1, 0.15) is 47.4 Å². The number of anilines is 2. The quantitative estimate of drug-likeness (QED) is 0.469. The number of rotatable bonds is 5. The number of fused-ring (bicyclic) bond motifs is 1. The largest absolute Gasteiger partial charge is 0.382 e. The third kappa shape index (κ3) is 4.24. The maximum absolute atomic E-state index is 12.7. The highest BCUT2D eigenvalue weighted by molar-refractivity contribution is 6.04. The van der Waals surface area contributed by atoms with Crippen LogP contribution in [0.25, 0.3) is 16.8 Å². The molecule has 0 saturated carbocycles. The van der Waals surface area contributed by atoms with E-state index in [0.717, 1.165) is 60.6 Å². The zero-order valence-electron chi connectivity index (χ0n) is 19.5. The van der Waals surface area contributed by atoms with Crippen LogP contribution in [0.15, 0.2) is 55.0 Å². The molecule has 8 nitrogen and oxygen atoms in total. The number of aryl methyl sites for hydroxylation is 1. The highest BCUT2D eigenvalue weighted by Crippen LogP contribution is 2.33. The van der Waals surface area contributed by atoms with Gasteiger partial charge in [0.25, 0.3) is 5.91 Å². The molecule has 1 saturated heterocycles. The molecule has 4 heterocycles. The first-order chi connectivity index (χ1) is 16.5. The SMILES string of the molecule is CCN1CCC[C@@H](c2nc(-c3ccc(C(=O)Nc4cc(C)ccn4)cc3)c3c(N)nccn23)C1. The number of piperidine rings is 1. The Balaban J connectivity index is 1.46. The summed E-state index contributed by atoms with van der Waals surface area (Å²) >= 11 is 0. The van der Waals surface area contributed by atoms with Crippen molar-refractivity contribution >= 4 is 23.1 Å². The van der Waals surface area contributed by atoms with E-state index in [9.17, 15) is 4.79 Å². The molecule has 34 heavy (non-hydrogen) atoms. The second kappa shape index (κ2) is 9.23. The molecule has 5 rings (SSSR count). The van der Waals surface area contributed by atoms with E-state index in [1.165, 1.54) is 0 Å². The summed E-state index contributed by atoms with van der Waals surface area (Å²) in [5, 5.41) is 2.85. The van der Waals surface area contributed by atoms with Gasteiger partial charge < -0.3 is 16.0 Å². The van der Waals surface area contributed by atoms with E-state index in [2.05, 4.69) is 31.5 Å². The van der Waals surface area contributed by atoms with Gasteiger partial charge in [-0.1, -0.05) is 19.1 Å². The van der Waals surface area contributed by atoms with E-state index in [1.807, 2.05) is 37.4 Å². The summed E-state index contributed by atoms with van der Waals surface area (Å²) in [6.07, 6.45) is 7.61. The van der Waals surface area contributed by atoms with Crippen molar-refractivity contribution in [2.24, 2.45) is 0 Å². The number of nitrogens with two attached hydrogens (primary N) is 1. The van der Waals surface area contributed by atoms with E-state index < -0.39 is 0 Å². The molecule has 1 aliphatic rings. The molecule has 8 heteroatoms. The third-order valence-electron chi connectivity index (χ3n) is 6.51. The molecule has 0 spiro atoms. The first kappa shape index (κ1) is 22.0. The van der Waals surface area contributed by atoms with Gasteiger partial charge in [-0.05, 0) is 62.7 Å². The first-order valence-corrected chi connectivity index (χ1v) is 11.7. The Morgan fingerprint density at radius 1 is 1.18 bits per heavy atom. The number of hydrogen-bond acceptors (Lipinski definition) is 6. The van der Waals surface area contributed by atoms with E-state index >= 15 is 0 Å². The van der Waals surface area contributed by atoms with Crippen molar-refractivity contribution in [2.45, 2.75) is 32.6 Å². The number of benzene rings is 1. The number of imidazole rings is 1. The van der Waals surface area contributed by atoms with Crippen molar-refractivity contribution in [1.29, 1.82) is 0 Å². The van der Waals surface area contributed by atoms with E-state index in [-0.39, 0.29) is 5.91 Å². The maximum atomic E-state index is 12.7. The summed E-state index contributed by atoms with van der Waals surface area (Å²) in [7, 11) is 0. The molecule has 0 radical (unpaired) electrons. The van der Waals surface area contributed by atoms with Gasteiger partial charge in [0.2, 0.25) is 0 Å². The van der Waals surface area contributed by atoms with Crippen LogP contribution in [-0.4, -0.2) is 49.8 Å². The standard InChI is InChI=1S/C26H29N7O/c1-3-32-13-4-5-20(16-32)25-31-22(23-24(27)29-12-14-33(23)25)18-6-8-19(9-7-18)26(34)30-21-15-17(2)10-11-28-21/h6-12,14-15,20H,3-5,13,16H2,1-2H3,(H2,27,29)(H,28,30,34)/t20-/m1/s1. The molecular weight excluding hydrogens is 426 g/mol. The number of likely N-dealkylation sites (N-methyl/N-ethyl adjacent to an activating group) is 1. The summed E-state index contributed by atoms with van der Waals surface area (Å²) in [6.45, 7) is 7.32. The maximum Gasteiger partial charge on any atom is 0.256 e. The average Bonchev–Trinajstić information content (AvgIpc) is 3.25. The van der Waals surface area contributed by atoms with Gasteiger partial charge in [-0.15, -0.1) is 0 Å². The Bertz CT molecular complexity index is 1330. The number of nitrogens with one attached hydrogen (secondary N) is 1. The van der Waals surface area contributed by atoms with Gasteiger partial charge in [-0.3, -0.25) is 9.20 Å². The van der Waals surface area contributed by atoms with E-state index in [1.54, 1.807) is 24.5 Å². The lowest BCUT2D eigenvalue weighted by molar-refractivity contribution is 0.102. The van der Waals surface area contributed by atoms with Gasteiger partial charge in [0.1, 0.15) is 28.7 Å². The summed E-state index contributed by atoms with van der Waals surface area (Å²) in [5.41, 5.74) is 10.4. The zero-order valence-corrected chi connectivity index (χ0v) is 19.5. The number of pyridine rings is 1. The van der Waals surface area contributed by atoms with Gasteiger partial charge in [-0.2, -0.15) is 0 Å². The number of carbonyl (C=O) groups is 1. The minimum absolute atomic E-state index is 0.205. The summed E-state index contributed by atoms with van der Waals surface area (Å²) in [4.78, 5) is 28.8. The monoisotopic (exact) mass is 455 g/mol. The van der Waals surface area contributed by atoms with Crippen molar-refractivity contribution in [2.75, 3.05) is 30.7 Å². The Morgan fingerprint density at radius 2 is 2.00 bits per heavy atom. The van der Waals surface area contributed by atoms with Crippen LogP contribution in [0.5, 0.6) is 0 Å². The normalized spacial score (nSPS) is 16.6. The fourth-order valence-electron chi connectivity index (χ4n) is 4.70. The topological polar surface area (TPSA) is 101 Å². The third-order valence-corrected chi connectivity index (χ3v) is 6.51. The molecule has 0 bridgehead atoms. The van der Waals surface area contributed by atoms with E-state index in [0.29, 0.717) is 23.1 Å². The highest BCUT2D eigenvalue weighted by atomic mass is 16.1. The Labute approximate surface area is 198 Å². The van der Waals surface area contributed by atoms with Gasteiger partial charge in [-0.25, -0.2) is 15.0 Å². The summed E-state index contributed by atoms with van der Waals surface area (Å²) in [5.74, 6) is 2.13. The average molecular weight is 456 g/mol. The Morgan fingerprint density at radius 3 is 2.76 bits per heavy atom. The smallest absolute Gasteiger partial charge is 0.256 e. The Hall–Kier alpha value is -3.78. The molecule has 3 N–H and O–H groups in total. The van der Waals surface area contributed by atoms with Crippen molar-refractivity contribution in [3.05, 3.63) is 71.9 Å². The second-order valence-electron chi connectivity index (χ2n) is 8.83. The van der Waals surface area contributed by atoms with Crippen LogP contribution in [0.4, 0.5) is 11.6 Å². The summed E-state index contributed by atoms with van der Waals surface area (Å²) in [6, 6.07) is 11.2. The molecule has 1 aromatic carbocycles. The molecule has 0 unspecified atom stereocenters. The molecule has 1 atom stereocenters. The minimum atomic E-state index is -0.205. The lowest BCUT2D eigenvalue weighted by Crippen LogP contribution is -2.34. The van der Waals surface area contributed by atoms with Gasteiger partial charge in [0, 0.05) is 42.2 Å². The Kier molecular flexibility index (Phi) is 5.98. The van der Waals surface area contributed by atoms with Crippen molar-refractivity contribution in [3.8, 4) is 11.3 Å². The van der Waals surface area contributed by atoms with Crippen LogP contribution < -0.4 is 11.1 Å². The number of hydrogen-bond donors (Lipinski definition) is 2. The summed E-state index contributed by atoms with van der Waals surface area (Å²) < 4.78 is 2.09. The van der Waals surface area contributed by atoms with Crippen molar-refractivity contribution < 1.29 is 4.79 Å². The fraction of sp³-hybridized carbons (Fsp3) is 0.308. The van der Waals surface area contributed by atoms with Crippen LogP contribution in [0.2, 0.25) is 0 Å². The lowest BCUT2D eigenvalue weighted by atomic mass is 9.97. The van der Waals surface area contributed by atoms with Crippen molar-refractivity contribution in [1.82, 2.24) is 24.3 Å². The van der Waals surface area contributed by atoms with Gasteiger partial charge >= 0.3 is 0 Å². The number of carbonyl (C=O) groups excluding carboxylic acids is 1. The molecule has 174 valence electrons. The van der Waals surface area contributed by atoms with Crippen LogP contribution in [0, 0.1) is 6.92 Å². The van der Waals surface area contributed by atoms with Gasteiger partial charge in [0.05, 0.1) is 0 Å². The predicted octanol–water partition coefficient (Wildman–Crippen LogP) is 4.13. The highest BCUT2D eigenvalue weighted by Gasteiger charge is 2.26. The zero-order chi connectivity index (χ0) is 23.7. The lowest BCUT2D eigenvalue weighted by Gasteiger charge is -2.31. The van der Waals surface area contributed by atoms with Gasteiger partial charge in [0.15, 0.2) is 0 Å². The molecule has 1 aliphatic heterocycles. The first-order valence-electron chi connectivity index (χ1n) is 11.7. The van der Waals surface area contributed by atoms with Crippen molar-refractivity contribution in [3.63, 3.8) is 0 Å². The molecular formula is C26H29N7O. The van der Waals surface area contributed by atoms with Crippen LogP contribution in [0.3, 0.4) is 0 Å². The number of nitrogens with zero attached hydrogens (tertiary/aromatic N) is 5. The number of amides is 1. The molecule has 0 aliphatic carbocycles. The number of nitrogen functional groups attached to an aromatic ring is 1. The number of likely N-dealkylation sites (tertiary alicyclic amines) is 1. The predicted molar refractivity (Wildman–Crippen MR) is 134 cm³/mol. The van der Waals surface area contributed by atoms with Crippen LogP contribution in [-0.2, 0) is 0 Å². The fourth-order valence-corrected chi connectivity index (χ4v) is 4.70. The molecule has 3 aromatic heterocycles. The minimum Gasteiger partial charge on any atom is -0.382 e.